The molecule has 0 amide bonds. The lowest BCUT2D eigenvalue weighted by Crippen LogP contribution is -2.60. The number of rotatable bonds is 2. The van der Waals surface area contributed by atoms with Crippen molar-refractivity contribution in [2.24, 2.45) is 5.92 Å². The van der Waals surface area contributed by atoms with Gasteiger partial charge in [0.2, 0.25) is 0 Å². The number of hydrogen-bond donors (Lipinski definition) is 1. The molecular weight excluding hydrogens is 288 g/mol. The van der Waals surface area contributed by atoms with Gasteiger partial charge in [0.05, 0.1) is 0 Å². The quantitative estimate of drug-likeness (QED) is 0.901. The summed E-state index contributed by atoms with van der Waals surface area (Å²) in [5.74, 6) is 0.885. The van der Waals surface area contributed by atoms with Crippen LogP contribution in [0.15, 0.2) is 22.7 Å². The number of halogens is 1. The molecule has 2 nitrogen and oxygen atoms in total. The molecule has 1 aromatic carbocycles. The second-order valence-electron chi connectivity index (χ2n) is 5.97. The first-order chi connectivity index (χ1) is 8.58. The van der Waals surface area contributed by atoms with Crippen molar-refractivity contribution in [2.45, 2.75) is 32.2 Å². The summed E-state index contributed by atoms with van der Waals surface area (Å²) in [4.78, 5) is 2.55. The van der Waals surface area contributed by atoms with Crippen molar-refractivity contribution < 1.29 is 0 Å². The number of benzene rings is 1. The number of nitrogens with one attached hydrogen (secondary N) is 1. The van der Waals surface area contributed by atoms with Crippen molar-refractivity contribution in [3.05, 3.63) is 28.2 Å². The lowest BCUT2D eigenvalue weighted by molar-refractivity contribution is 0.285. The Morgan fingerprint density at radius 3 is 2.83 bits per heavy atom. The van der Waals surface area contributed by atoms with Gasteiger partial charge < -0.3 is 10.2 Å². The van der Waals surface area contributed by atoms with Gasteiger partial charge in [0.15, 0.2) is 0 Å². The smallest absolute Gasteiger partial charge is 0.0397 e. The van der Waals surface area contributed by atoms with Crippen LogP contribution in [0.5, 0.6) is 0 Å². The van der Waals surface area contributed by atoms with Crippen LogP contribution in [0.25, 0.3) is 0 Å². The van der Waals surface area contributed by atoms with E-state index in [2.05, 4.69) is 58.2 Å². The summed E-state index contributed by atoms with van der Waals surface area (Å²) in [6, 6.07) is 6.61. The zero-order valence-electron chi connectivity index (χ0n) is 11.2. The van der Waals surface area contributed by atoms with Crippen molar-refractivity contribution in [1.82, 2.24) is 5.32 Å². The van der Waals surface area contributed by atoms with Crippen molar-refractivity contribution in [3.8, 4) is 0 Å². The molecule has 0 radical (unpaired) electrons. The molecule has 2 aliphatic rings. The monoisotopic (exact) mass is 308 g/mol. The second kappa shape index (κ2) is 4.53. The number of hydrogen-bond acceptors (Lipinski definition) is 2. The molecule has 0 bridgehead atoms. The molecule has 0 aromatic heterocycles. The Kier molecular flexibility index (Phi) is 3.15. The Bertz CT molecular complexity index is 456. The minimum Gasteiger partial charge on any atom is -0.368 e. The van der Waals surface area contributed by atoms with Gasteiger partial charge in [-0.05, 0) is 56.4 Å². The first-order valence-electron chi connectivity index (χ1n) is 6.85. The predicted octanol–water partition coefficient (Wildman–Crippen LogP) is 3.34. The normalized spacial score (nSPS) is 28.5. The van der Waals surface area contributed by atoms with Crippen molar-refractivity contribution >= 4 is 21.6 Å². The van der Waals surface area contributed by atoms with Gasteiger partial charge in [0.1, 0.15) is 0 Å². The maximum atomic E-state index is 3.74. The third kappa shape index (κ3) is 2.30. The Hall–Kier alpha value is -0.540. The Morgan fingerprint density at radius 2 is 2.17 bits per heavy atom. The molecular formula is C15H21BrN2. The number of aryl methyl sites for hydroxylation is 1. The molecule has 1 aliphatic carbocycles. The lowest BCUT2D eigenvalue weighted by atomic mass is 9.92. The van der Waals surface area contributed by atoms with E-state index >= 15 is 0 Å². The largest absolute Gasteiger partial charge is 0.368 e. The van der Waals surface area contributed by atoms with E-state index in [1.165, 1.54) is 28.6 Å². The van der Waals surface area contributed by atoms with Gasteiger partial charge in [0, 0.05) is 35.3 Å². The van der Waals surface area contributed by atoms with E-state index in [4.69, 9.17) is 0 Å². The lowest BCUT2D eigenvalue weighted by Gasteiger charge is -2.43. The SMILES string of the molecule is Cc1cc(Br)ccc1N1CCNC(C)(C2CC2)C1. The van der Waals surface area contributed by atoms with E-state index in [9.17, 15) is 0 Å². The fourth-order valence-corrected chi connectivity index (χ4v) is 3.66. The van der Waals surface area contributed by atoms with Crippen LogP contribution in [0, 0.1) is 12.8 Å². The van der Waals surface area contributed by atoms with E-state index in [1.807, 2.05) is 0 Å². The number of anilines is 1. The van der Waals surface area contributed by atoms with Crippen LogP contribution in [0.2, 0.25) is 0 Å². The standard InChI is InChI=1S/C15H21BrN2/c1-11-9-13(16)5-6-14(11)18-8-7-17-15(2,10-18)12-3-4-12/h5-6,9,12,17H,3-4,7-8,10H2,1-2H3. The van der Waals surface area contributed by atoms with Crippen LogP contribution in [0.4, 0.5) is 5.69 Å². The molecule has 18 heavy (non-hydrogen) atoms. The first-order valence-corrected chi connectivity index (χ1v) is 7.64. The molecule has 3 heteroatoms. The summed E-state index contributed by atoms with van der Waals surface area (Å²) < 4.78 is 1.17. The molecule has 2 fully saturated rings. The molecule has 1 saturated heterocycles. The highest BCUT2D eigenvalue weighted by atomic mass is 79.9. The maximum Gasteiger partial charge on any atom is 0.0397 e. The maximum absolute atomic E-state index is 3.74. The summed E-state index contributed by atoms with van der Waals surface area (Å²) in [6.45, 7) is 7.95. The molecule has 98 valence electrons. The zero-order valence-corrected chi connectivity index (χ0v) is 12.8. The van der Waals surface area contributed by atoms with E-state index in [-0.39, 0.29) is 0 Å². The molecule has 1 saturated carbocycles. The summed E-state index contributed by atoms with van der Waals surface area (Å²) in [6.07, 6.45) is 2.80. The van der Waals surface area contributed by atoms with Crippen molar-refractivity contribution in [2.75, 3.05) is 24.5 Å². The Morgan fingerprint density at radius 1 is 1.39 bits per heavy atom. The van der Waals surface area contributed by atoms with Gasteiger partial charge in [-0.1, -0.05) is 15.9 Å². The topological polar surface area (TPSA) is 15.3 Å². The first kappa shape index (κ1) is 12.5. The van der Waals surface area contributed by atoms with Gasteiger partial charge in [-0.15, -0.1) is 0 Å². The molecule has 1 heterocycles. The van der Waals surface area contributed by atoms with Crippen LogP contribution < -0.4 is 10.2 Å². The molecule has 1 unspecified atom stereocenters. The third-order valence-corrected chi connectivity index (χ3v) is 4.90. The van der Waals surface area contributed by atoms with Gasteiger partial charge in [-0.25, -0.2) is 0 Å². The predicted molar refractivity (Wildman–Crippen MR) is 80.2 cm³/mol. The van der Waals surface area contributed by atoms with Crippen LogP contribution in [-0.2, 0) is 0 Å². The van der Waals surface area contributed by atoms with Gasteiger partial charge in [-0.2, -0.15) is 0 Å². The van der Waals surface area contributed by atoms with Gasteiger partial charge >= 0.3 is 0 Å². The van der Waals surface area contributed by atoms with Crippen molar-refractivity contribution in [3.63, 3.8) is 0 Å². The Labute approximate surface area is 118 Å². The highest BCUT2D eigenvalue weighted by Crippen LogP contribution is 2.41. The summed E-state index contributed by atoms with van der Waals surface area (Å²) in [5.41, 5.74) is 3.08. The van der Waals surface area contributed by atoms with Crippen LogP contribution in [-0.4, -0.2) is 25.2 Å². The summed E-state index contributed by atoms with van der Waals surface area (Å²) >= 11 is 3.55. The van der Waals surface area contributed by atoms with E-state index < -0.39 is 0 Å². The second-order valence-corrected chi connectivity index (χ2v) is 6.89. The van der Waals surface area contributed by atoms with Crippen LogP contribution in [0.3, 0.4) is 0 Å². The average molecular weight is 309 g/mol. The zero-order chi connectivity index (χ0) is 12.8. The van der Waals surface area contributed by atoms with E-state index in [0.717, 1.165) is 25.6 Å². The minimum absolute atomic E-state index is 0.317. The highest BCUT2D eigenvalue weighted by molar-refractivity contribution is 9.10. The molecule has 3 rings (SSSR count). The number of nitrogens with zero attached hydrogens (tertiary/aromatic N) is 1. The molecule has 1 aromatic rings. The van der Waals surface area contributed by atoms with Crippen LogP contribution >= 0.6 is 15.9 Å². The van der Waals surface area contributed by atoms with Gasteiger partial charge in [0.25, 0.3) is 0 Å². The Balaban J connectivity index is 1.83. The highest BCUT2D eigenvalue weighted by Gasteiger charge is 2.43. The third-order valence-electron chi connectivity index (χ3n) is 4.41. The van der Waals surface area contributed by atoms with Gasteiger partial charge in [-0.3, -0.25) is 0 Å². The molecule has 1 N–H and O–H groups in total. The van der Waals surface area contributed by atoms with Crippen molar-refractivity contribution in [1.29, 1.82) is 0 Å². The number of piperazine rings is 1. The summed E-state index contributed by atoms with van der Waals surface area (Å²) in [5, 5.41) is 3.74. The summed E-state index contributed by atoms with van der Waals surface area (Å²) in [7, 11) is 0. The van der Waals surface area contributed by atoms with Crippen LogP contribution in [0.1, 0.15) is 25.3 Å². The molecule has 1 atom stereocenters. The minimum atomic E-state index is 0.317. The average Bonchev–Trinajstić information content (AvgIpc) is 3.12. The van der Waals surface area contributed by atoms with E-state index in [0.29, 0.717) is 5.54 Å². The fourth-order valence-electron chi connectivity index (χ4n) is 3.18. The van der Waals surface area contributed by atoms with E-state index in [1.54, 1.807) is 0 Å². The fraction of sp³-hybridized carbons (Fsp3) is 0.600. The molecule has 1 aliphatic heterocycles. The molecule has 0 spiro atoms.